The summed E-state index contributed by atoms with van der Waals surface area (Å²) in [4.78, 5) is 27.5. The van der Waals surface area contributed by atoms with Gasteiger partial charge in [0.25, 0.3) is 0 Å². The Morgan fingerprint density at radius 3 is 3.00 bits per heavy atom. The molecule has 26 heavy (non-hydrogen) atoms. The molecule has 1 saturated carbocycles. The molecular weight excluding hydrogens is 335 g/mol. The van der Waals surface area contributed by atoms with Crippen molar-refractivity contribution in [3.05, 3.63) is 35.6 Å². The second-order valence-corrected chi connectivity index (χ2v) is 7.31. The molecular formula is C20H27FN2O3. The topological polar surface area (TPSA) is 58.6 Å². The molecule has 0 bridgehead atoms. The van der Waals surface area contributed by atoms with Gasteiger partial charge in [-0.05, 0) is 37.0 Å². The fourth-order valence-electron chi connectivity index (χ4n) is 4.47. The van der Waals surface area contributed by atoms with Crippen LogP contribution in [0.3, 0.4) is 0 Å². The summed E-state index contributed by atoms with van der Waals surface area (Å²) < 4.78 is 18.5. The van der Waals surface area contributed by atoms with E-state index < -0.39 is 5.41 Å². The van der Waals surface area contributed by atoms with Gasteiger partial charge in [0, 0.05) is 32.7 Å². The first-order valence-corrected chi connectivity index (χ1v) is 9.38. The molecule has 1 N–H and O–H groups in total. The van der Waals surface area contributed by atoms with Gasteiger partial charge in [0.2, 0.25) is 11.8 Å². The number of carbonyl (C=O) groups is 2. The average molecular weight is 362 g/mol. The van der Waals surface area contributed by atoms with Crippen molar-refractivity contribution in [3.63, 3.8) is 0 Å². The highest BCUT2D eigenvalue weighted by molar-refractivity contribution is 5.88. The predicted molar refractivity (Wildman–Crippen MR) is 95.8 cm³/mol. The van der Waals surface area contributed by atoms with Crippen LogP contribution in [-0.4, -0.2) is 43.0 Å². The van der Waals surface area contributed by atoms with E-state index in [9.17, 15) is 14.0 Å². The summed E-state index contributed by atoms with van der Waals surface area (Å²) in [7, 11) is 1.62. The quantitative estimate of drug-likeness (QED) is 0.846. The van der Waals surface area contributed by atoms with E-state index in [0.717, 1.165) is 31.2 Å². The maximum atomic E-state index is 13.4. The number of piperidine rings is 1. The van der Waals surface area contributed by atoms with Crippen LogP contribution >= 0.6 is 0 Å². The molecule has 2 atom stereocenters. The molecule has 1 heterocycles. The number of benzene rings is 1. The van der Waals surface area contributed by atoms with E-state index in [1.165, 1.54) is 12.1 Å². The summed E-state index contributed by atoms with van der Waals surface area (Å²) in [5.41, 5.74) is 0.206. The minimum Gasteiger partial charge on any atom is -0.383 e. The molecule has 6 heteroatoms. The molecule has 0 unspecified atom stereocenters. The number of amides is 2. The van der Waals surface area contributed by atoms with Gasteiger partial charge in [-0.25, -0.2) is 4.39 Å². The normalized spacial score (nSPS) is 25.7. The molecule has 0 radical (unpaired) electrons. The minimum absolute atomic E-state index is 0.0126. The number of rotatable bonds is 6. The summed E-state index contributed by atoms with van der Waals surface area (Å²) in [6.45, 7) is 1.30. The Labute approximate surface area is 153 Å². The number of carbonyl (C=O) groups excluding carboxylic acids is 2. The monoisotopic (exact) mass is 362 g/mol. The molecule has 0 spiro atoms. The van der Waals surface area contributed by atoms with E-state index in [0.29, 0.717) is 32.5 Å². The first-order chi connectivity index (χ1) is 12.6. The number of ether oxygens (including phenoxy) is 1. The molecule has 2 fully saturated rings. The van der Waals surface area contributed by atoms with Crippen molar-refractivity contribution >= 4 is 11.8 Å². The number of hydrogen-bond donors (Lipinski definition) is 1. The highest BCUT2D eigenvalue weighted by atomic mass is 19.1. The predicted octanol–water partition coefficient (Wildman–Crippen LogP) is 2.64. The maximum Gasteiger partial charge on any atom is 0.228 e. The van der Waals surface area contributed by atoms with E-state index >= 15 is 0 Å². The lowest BCUT2D eigenvalue weighted by Crippen LogP contribution is -2.62. The zero-order valence-electron chi connectivity index (χ0n) is 15.3. The van der Waals surface area contributed by atoms with Crippen molar-refractivity contribution in [3.8, 4) is 0 Å². The van der Waals surface area contributed by atoms with E-state index in [1.807, 2.05) is 4.90 Å². The molecule has 1 aromatic carbocycles. The Bertz CT molecular complexity index is 666. The van der Waals surface area contributed by atoms with Gasteiger partial charge >= 0.3 is 0 Å². The Morgan fingerprint density at radius 1 is 1.38 bits per heavy atom. The minimum atomic E-state index is -0.534. The highest BCUT2D eigenvalue weighted by Crippen LogP contribution is 2.46. The lowest BCUT2D eigenvalue weighted by atomic mass is 9.64. The SMILES string of the molecule is COCCN1C(=O)CC[C@]2(C(=O)NCc3cccc(F)c3)CCCC[C@@H]12. The number of methoxy groups -OCH3 is 1. The zero-order chi connectivity index (χ0) is 18.6. The zero-order valence-corrected chi connectivity index (χ0v) is 15.3. The van der Waals surface area contributed by atoms with Crippen molar-refractivity contribution in [2.75, 3.05) is 20.3 Å². The molecule has 2 aliphatic rings. The van der Waals surface area contributed by atoms with Gasteiger partial charge in [-0.2, -0.15) is 0 Å². The number of hydrogen-bond acceptors (Lipinski definition) is 3. The third kappa shape index (κ3) is 3.75. The molecule has 1 aliphatic heterocycles. The molecule has 142 valence electrons. The Balaban J connectivity index is 1.75. The van der Waals surface area contributed by atoms with Crippen molar-refractivity contribution < 1.29 is 18.7 Å². The van der Waals surface area contributed by atoms with Crippen LogP contribution in [0.2, 0.25) is 0 Å². The molecule has 2 amide bonds. The van der Waals surface area contributed by atoms with E-state index in [2.05, 4.69) is 5.32 Å². The maximum absolute atomic E-state index is 13.4. The van der Waals surface area contributed by atoms with Crippen LogP contribution in [0.1, 0.15) is 44.1 Å². The summed E-state index contributed by atoms with van der Waals surface area (Å²) in [6, 6.07) is 6.20. The Morgan fingerprint density at radius 2 is 2.23 bits per heavy atom. The van der Waals surface area contributed by atoms with E-state index in [1.54, 1.807) is 19.2 Å². The summed E-state index contributed by atoms with van der Waals surface area (Å²) >= 11 is 0. The van der Waals surface area contributed by atoms with Gasteiger partial charge in [0.15, 0.2) is 0 Å². The van der Waals surface area contributed by atoms with Gasteiger partial charge in [-0.3, -0.25) is 9.59 Å². The molecule has 3 rings (SSSR count). The summed E-state index contributed by atoms with van der Waals surface area (Å²) in [6.07, 6.45) is 4.66. The molecule has 1 aromatic rings. The van der Waals surface area contributed by atoms with Crippen LogP contribution in [0, 0.1) is 11.2 Å². The van der Waals surface area contributed by atoms with Crippen molar-refractivity contribution in [2.45, 2.75) is 51.1 Å². The third-order valence-electron chi connectivity index (χ3n) is 5.80. The smallest absolute Gasteiger partial charge is 0.228 e. The number of fused-ring (bicyclic) bond motifs is 1. The van der Waals surface area contributed by atoms with Crippen LogP contribution in [0.5, 0.6) is 0 Å². The van der Waals surface area contributed by atoms with E-state index in [4.69, 9.17) is 4.74 Å². The largest absolute Gasteiger partial charge is 0.383 e. The van der Waals surface area contributed by atoms with Gasteiger partial charge in [0.05, 0.1) is 12.0 Å². The molecule has 1 aliphatic carbocycles. The molecule has 1 saturated heterocycles. The van der Waals surface area contributed by atoms with Crippen LogP contribution < -0.4 is 5.32 Å². The standard InChI is InChI=1S/C20H27FN2O3/c1-26-12-11-23-17-7-2-3-9-20(17,10-8-18(23)24)19(25)22-14-15-5-4-6-16(21)13-15/h4-6,13,17H,2-3,7-12,14H2,1H3,(H,22,25)/t17-,20-/m1/s1. The lowest BCUT2D eigenvalue weighted by Gasteiger charge is -2.51. The number of halogens is 1. The summed E-state index contributed by atoms with van der Waals surface area (Å²) in [5, 5.41) is 3.00. The first kappa shape index (κ1) is 18.8. The first-order valence-electron chi connectivity index (χ1n) is 9.38. The molecule has 0 aromatic heterocycles. The van der Waals surface area contributed by atoms with Gasteiger partial charge in [-0.1, -0.05) is 25.0 Å². The Kier molecular flexibility index (Phi) is 5.91. The lowest BCUT2D eigenvalue weighted by molar-refractivity contribution is -0.156. The van der Waals surface area contributed by atoms with Gasteiger partial charge in [-0.15, -0.1) is 0 Å². The van der Waals surface area contributed by atoms with Crippen LogP contribution in [0.4, 0.5) is 4.39 Å². The number of nitrogens with one attached hydrogen (secondary N) is 1. The highest BCUT2D eigenvalue weighted by Gasteiger charge is 2.52. The van der Waals surface area contributed by atoms with Crippen LogP contribution in [0.25, 0.3) is 0 Å². The van der Waals surface area contributed by atoms with Crippen LogP contribution in [-0.2, 0) is 20.9 Å². The number of nitrogens with zero attached hydrogens (tertiary/aromatic N) is 1. The summed E-state index contributed by atoms with van der Waals surface area (Å²) in [5.74, 6) is -0.205. The molecule has 5 nitrogen and oxygen atoms in total. The van der Waals surface area contributed by atoms with Crippen molar-refractivity contribution in [1.29, 1.82) is 0 Å². The van der Waals surface area contributed by atoms with Crippen molar-refractivity contribution in [1.82, 2.24) is 10.2 Å². The van der Waals surface area contributed by atoms with Gasteiger partial charge < -0.3 is 15.0 Å². The number of likely N-dealkylation sites (tertiary alicyclic amines) is 1. The van der Waals surface area contributed by atoms with Crippen molar-refractivity contribution in [2.24, 2.45) is 5.41 Å². The van der Waals surface area contributed by atoms with Gasteiger partial charge in [0.1, 0.15) is 5.82 Å². The second-order valence-electron chi connectivity index (χ2n) is 7.31. The van der Waals surface area contributed by atoms with E-state index in [-0.39, 0.29) is 23.7 Å². The van der Waals surface area contributed by atoms with Crippen LogP contribution in [0.15, 0.2) is 24.3 Å². The second kappa shape index (κ2) is 8.16. The average Bonchev–Trinajstić information content (AvgIpc) is 2.65. The fraction of sp³-hybridized carbons (Fsp3) is 0.600. The third-order valence-corrected chi connectivity index (χ3v) is 5.80. The fourth-order valence-corrected chi connectivity index (χ4v) is 4.47. The Hall–Kier alpha value is -1.95.